The second kappa shape index (κ2) is 4.39. The van der Waals surface area contributed by atoms with Crippen LogP contribution < -0.4 is 4.74 Å². The van der Waals surface area contributed by atoms with Crippen molar-refractivity contribution in [3.8, 4) is 17.1 Å². The molecule has 2 aromatic rings. The molecule has 1 aromatic carbocycles. The van der Waals surface area contributed by atoms with E-state index < -0.39 is 0 Å². The van der Waals surface area contributed by atoms with Crippen LogP contribution in [0.1, 0.15) is 0 Å². The van der Waals surface area contributed by atoms with Crippen LogP contribution in [0.4, 0.5) is 0 Å². The summed E-state index contributed by atoms with van der Waals surface area (Å²) < 4.78 is 13.3. The van der Waals surface area contributed by atoms with Crippen LogP contribution in [0.15, 0.2) is 30.3 Å². The Labute approximate surface area is 90.6 Å². The van der Waals surface area contributed by atoms with Crippen LogP contribution in [0.2, 0.25) is 0 Å². The molecule has 0 N–H and O–H groups in total. The first-order chi connectivity index (χ1) is 6.92. The highest BCUT2D eigenvalue weighted by molar-refractivity contribution is 6.99. The van der Waals surface area contributed by atoms with Crippen molar-refractivity contribution in [2.24, 2.45) is 0 Å². The molecule has 3 nitrogen and oxygen atoms in total. The maximum absolute atomic E-state index is 5.47. The van der Waals surface area contributed by atoms with Crippen molar-refractivity contribution >= 4 is 23.3 Å². The van der Waals surface area contributed by atoms with Crippen LogP contribution in [-0.4, -0.2) is 14.8 Å². The highest BCUT2D eigenvalue weighted by atomic mass is 35.5. The zero-order chi connectivity index (χ0) is 9.80. The van der Waals surface area contributed by atoms with E-state index in [-0.39, 0.29) is 6.07 Å². The lowest BCUT2D eigenvalue weighted by atomic mass is 10.2. The summed E-state index contributed by atoms with van der Waals surface area (Å²) in [6.45, 7) is 0. The molecule has 0 aliphatic heterocycles. The van der Waals surface area contributed by atoms with Crippen LogP contribution in [-0.2, 0) is 0 Å². The lowest BCUT2D eigenvalue weighted by molar-refractivity contribution is 0.377. The fourth-order valence-electron chi connectivity index (χ4n) is 1.10. The smallest absolute Gasteiger partial charge is 0.255 e. The number of aromatic nitrogens is 2. The van der Waals surface area contributed by atoms with Crippen molar-refractivity contribution in [2.75, 3.05) is 6.07 Å². The number of ether oxygens (including phenoxy) is 1. The Kier molecular flexibility index (Phi) is 2.96. The van der Waals surface area contributed by atoms with E-state index in [1.54, 1.807) is 0 Å². The van der Waals surface area contributed by atoms with Gasteiger partial charge in [-0.3, -0.25) is 0 Å². The first-order valence-electron chi connectivity index (χ1n) is 3.98. The van der Waals surface area contributed by atoms with Gasteiger partial charge in [-0.1, -0.05) is 41.9 Å². The van der Waals surface area contributed by atoms with Crippen LogP contribution >= 0.6 is 23.3 Å². The Bertz CT molecular complexity index is 404. The molecule has 72 valence electrons. The van der Waals surface area contributed by atoms with Crippen LogP contribution in [0.25, 0.3) is 11.3 Å². The number of hydrogen-bond acceptors (Lipinski definition) is 4. The molecule has 0 bridgehead atoms. The fourth-order valence-corrected chi connectivity index (χ4v) is 1.72. The molecule has 0 radical (unpaired) electrons. The van der Waals surface area contributed by atoms with Gasteiger partial charge in [0.05, 0.1) is 11.7 Å². The molecular weight excluding hydrogens is 220 g/mol. The van der Waals surface area contributed by atoms with Gasteiger partial charge in [-0.15, -0.1) is 4.37 Å². The first-order valence-corrected chi connectivity index (χ1v) is 5.25. The molecule has 2 rings (SSSR count). The zero-order valence-corrected chi connectivity index (χ0v) is 8.76. The Morgan fingerprint density at radius 2 is 2.00 bits per heavy atom. The Morgan fingerprint density at radius 1 is 1.21 bits per heavy atom. The molecular formula is C9H7ClN2OS. The van der Waals surface area contributed by atoms with Gasteiger partial charge in [-0.2, -0.15) is 4.37 Å². The van der Waals surface area contributed by atoms with E-state index in [4.69, 9.17) is 16.3 Å². The number of benzene rings is 1. The third-order valence-electron chi connectivity index (χ3n) is 1.70. The quantitative estimate of drug-likeness (QED) is 0.755. The summed E-state index contributed by atoms with van der Waals surface area (Å²) in [5.41, 5.74) is 1.73. The monoisotopic (exact) mass is 226 g/mol. The second-order valence-electron chi connectivity index (χ2n) is 2.54. The van der Waals surface area contributed by atoms with E-state index in [2.05, 4.69) is 8.75 Å². The third-order valence-corrected chi connectivity index (χ3v) is 2.32. The molecule has 0 aliphatic rings. The number of alkyl halides is 1. The van der Waals surface area contributed by atoms with Gasteiger partial charge in [-0.25, -0.2) is 0 Å². The van der Waals surface area contributed by atoms with Crippen molar-refractivity contribution in [3.05, 3.63) is 30.3 Å². The topological polar surface area (TPSA) is 35.0 Å². The van der Waals surface area contributed by atoms with E-state index >= 15 is 0 Å². The van der Waals surface area contributed by atoms with Gasteiger partial charge in [0.25, 0.3) is 5.88 Å². The number of rotatable bonds is 3. The average Bonchev–Trinajstić information content (AvgIpc) is 2.68. The fraction of sp³-hybridized carbons (Fsp3) is 0.111. The van der Waals surface area contributed by atoms with E-state index in [9.17, 15) is 0 Å². The summed E-state index contributed by atoms with van der Waals surface area (Å²) in [6, 6.07) is 9.84. The molecule has 5 heteroatoms. The first kappa shape index (κ1) is 9.43. The van der Waals surface area contributed by atoms with Crippen molar-refractivity contribution in [1.82, 2.24) is 8.75 Å². The number of nitrogens with zero attached hydrogens (tertiary/aromatic N) is 2. The summed E-state index contributed by atoms with van der Waals surface area (Å²) in [7, 11) is 0. The van der Waals surface area contributed by atoms with Crippen molar-refractivity contribution in [3.63, 3.8) is 0 Å². The minimum absolute atomic E-state index is 0.0885. The van der Waals surface area contributed by atoms with E-state index in [1.807, 2.05) is 30.3 Å². The summed E-state index contributed by atoms with van der Waals surface area (Å²) in [5.74, 6) is 0.496. The van der Waals surface area contributed by atoms with Gasteiger partial charge in [0, 0.05) is 5.56 Å². The summed E-state index contributed by atoms with van der Waals surface area (Å²) in [4.78, 5) is 0. The number of hydrogen-bond donors (Lipinski definition) is 0. The van der Waals surface area contributed by atoms with Crippen LogP contribution in [0.5, 0.6) is 5.88 Å². The van der Waals surface area contributed by atoms with E-state index in [0.29, 0.717) is 5.88 Å². The van der Waals surface area contributed by atoms with Gasteiger partial charge < -0.3 is 4.74 Å². The molecule has 0 aliphatic carbocycles. The predicted octanol–water partition coefficient (Wildman–Crippen LogP) is 2.78. The highest BCUT2D eigenvalue weighted by Crippen LogP contribution is 2.27. The zero-order valence-electron chi connectivity index (χ0n) is 7.18. The van der Waals surface area contributed by atoms with Crippen molar-refractivity contribution in [1.29, 1.82) is 0 Å². The molecule has 0 atom stereocenters. The second-order valence-corrected chi connectivity index (χ2v) is 3.28. The highest BCUT2D eigenvalue weighted by Gasteiger charge is 2.10. The normalized spacial score (nSPS) is 10.1. The van der Waals surface area contributed by atoms with Gasteiger partial charge in [0.15, 0.2) is 6.07 Å². The van der Waals surface area contributed by atoms with Gasteiger partial charge in [-0.05, 0) is 0 Å². The molecule has 14 heavy (non-hydrogen) atoms. The molecule has 0 saturated carbocycles. The van der Waals surface area contributed by atoms with Gasteiger partial charge in [0.2, 0.25) is 0 Å². The van der Waals surface area contributed by atoms with Gasteiger partial charge in [0.1, 0.15) is 5.69 Å². The summed E-state index contributed by atoms with van der Waals surface area (Å²) in [6.07, 6.45) is 0. The van der Waals surface area contributed by atoms with E-state index in [0.717, 1.165) is 23.0 Å². The van der Waals surface area contributed by atoms with E-state index in [1.165, 1.54) is 0 Å². The lowest BCUT2D eigenvalue weighted by Gasteiger charge is -1.99. The maximum atomic E-state index is 5.47. The predicted molar refractivity (Wildman–Crippen MR) is 56.7 cm³/mol. The minimum atomic E-state index is 0.0885. The molecule has 1 heterocycles. The SMILES string of the molecule is ClCOc1nsnc1-c1ccccc1. The molecule has 0 saturated heterocycles. The largest absolute Gasteiger partial charge is 0.459 e. The molecule has 0 fully saturated rings. The number of halogens is 1. The Morgan fingerprint density at radius 3 is 2.71 bits per heavy atom. The van der Waals surface area contributed by atoms with Crippen molar-refractivity contribution in [2.45, 2.75) is 0 Å². The van der Waals surface area contributed by atoms with Crippen molar-refractivity contribution < 1.29 is 4.74 Å². The molecule has 1 aromatic heterocycles. The maximum Gasteiger partial charge on any atom is 0.255 e. The summed E-state index contributed by atoms with van der Waals surface area (Å²) >= 11 is 6.58. The third kappa shape index (κ3) is 1.86. The molecule has 0 spiro atoms. The lowest BCUT2D eigenvalue weighted by Crippen LogP contribution is -1.91. The van der Waals surface area contributed by atoms with Gasteiger partial charge >= 0.3 is 0 Å². The summed E-state index contributed by atoms with van der Waals surface area (Å²) in [5, 5.41) is 0. The van der Waals surface area contributed by atoms with Crippen LogP contribution in [0.3, 0.4) is 0 Å². The van der Waals surface area contributed by atoms with Crippen LogP contribution in [0, 0.1) is 0 Å². The Balaban J connectivity index is 2.37. The molecule has 0 unspecified atom stereocenters. The standard InChI is InChI=1S/C9H7ClN2OS/c10-6-13-9-8(11-14-12-9)7-4-2-1-3-5-7/h1-5H,6H2. The Hall–Kier alpha value is -1.13. The molecule has 0 amide bonds. The average molecular weight is 227 g/mol. The minimum Gasteiger partial charge on any atom is -0.459 e.